The SMILES string of the molecule is CC(N)C(=O)N(C(=O)C(N)C(C)C)c1ccc(C(F)(F)F)cc1C(=O)C(F)(F)F. The highest BCUT2D eigenvalue weighted by Gasteiger charge is 2.44. The van der Waals surface area contributed by atoms with Crippen LogP contribution in [0, 0.1) is 5.92 Å². The van der Waals surface area contributed by atoms with Gasteiger partial charge in [0.2, 0.25) is 5.91 Å². The number of carbonyl (C=O) groups excluding carboxylic acids is 3. The van der Waals surface area contributed by atoms with Crippen LogP contribution in [0.5, 0.6) is 0 Å². The van der Waals surface area contributed by atoms with E-state index in [0.29, 0.717) is 12.1 Å². The first-order valence-electron chi connectivity index (χ1n) is 8.21. The summed E-state index contributed by atoms with van der Waals surface area (Å²) in [6.07, 6.45) is -10.6. The van der Waals surface area contributed by atoms with Crippen molar-refractivity contribution in [3.63, 3.8) is 0 Å². The monoisotopic (exact) mass is 427 g/mol. The van der Waals surface area contributed by atoms with Crippen molar-refractivity contribution in [1.82, 2.24) is 0 Å². The number of benzene rings is 1. The number of alkyl halides is 6. The molecule has 0 heterocycles. The maximum atomic E-state index is 13.0. The molecule has 2 unspecified atom stereocenters. The van der Waals surface area contributed by atoms with E-state index in [2.05, 4.69) is 0 Å². The van der Waals surface area contributed by atoms with Gasteiger partial charge in [-0.1, -0.05) is 13.8 Å². The number of Topliss-reactive ketones (excluding diaryl/α,β-unsaturated/α-hetero) is 1. The maximum Gasteiger partial charge on any atom is 0.454 e. The van der Waals surface area contributed by atoms with Crippen molar-refractivity contribution in [3.05, 3.63) is 29.3 Å². The lowest BCUT2D eigenvalue weighted by molar-refractivity contribution is -0.137. The summed E-state index contributed by atoms with van der Waals surface area (Å²) < 4.78 is 77.8. The highest BCUT2D eigenvalue weighted by atomic mass is 19.4. The lowest BCUT2D eigenvalue weighted by atomic mass is 9.99. The number of anilines is 1. The van der Waals surface area contributed by atoms with Crippen molar-refractivity contribution in [2.75, 3.05) is 4.90 Å². The molecule has 29 heavy (non-hydrogen) atoms. The summed E-state index contributed by atoms with van der Waals surface area (Å²) in [6, 6.07) is -2.10. The minimum Gasteiger partial charge on any atom is -0.320 e. The van der Waals surface area contributed by atoms with Crippen molar-refractivity contribution >= 4 is 23.3 Å². The van der Waals surface area contributed by atoms with Crippen molar-refractivity contribution in [1.29, 1.82) is 0 Å². The summed E-state index contributed by atoms with van der Waals surface area (Å²) in [7, 11) is 0. The molecule has 0 saturated heterocycles. The van der Waals surface area contributed by atoms with Crippen LogP contribution >= 0.6 is 0 Å². The van der Waals surface area contributed by atoms with Crippen LogP contribution in [0.25, 0.3) is 0 Å². The van der Waals surface area contributed by atoms with Gasteiger partial charge >= 0.3 is 12.4 Å². The summed E-state index contributed by atoms with van der Waals surface area (Å²) in [5, 5.41) is 0. The van der Waals surface area contributed by atoms with Gasteiger partial charge in [0.25, 0.3) is 11.7 Å². The fourth-order valence-corrected chi connectivity index (χ4v) is 2.23. The van der Waals surface area contributed by atoms with Crippen LogP contribution < -0.4 is 16.4 Å². The third-order valence-electron chi connectivity index (χ3n) is 3.90. The molecule has 0 bridgehead atoms. The summed E-state index contributed by atoms with van der Waals surface area (Å²) in [5.41, 5.74) is 7.03. The number of carbonyl (C=O) groups is 3. The maximum absolute atomic E-state index is 13.0. The fraction of sp³-hybridized carbons (Fsp3) is 0.471. The second-order valence-corrected chi connectivity index (χ2v) is 6.63. The fourth-order valence-electron chi connectivity index (χ4n) is 2.23. The number of rotatable bonds is 5. The molecule has 162 valence electrons. The van der Waals surface area contributed by atoms with Gasteiger partial charge in [0.05, 0.1) is 28.9 Å². The Balaban J connectivity index is 3.81. The molecular formula is C17H19F6N3O3. The predicted octanol–water partition coefficient (Wildman–Crippen LogP) is 2.64. The summed E-state index contributed by atoms with van der Waals surface area (Å²) in [4.78, 5) is 37.0. The summed E-state index contributed by atoms with van der Waals surface area (Å²) in [6.45, 7) is 4.07. The third-order valence-corrected chi connectivity index (χ3v) is 3.90. The molecule has 4 N–H and O–H groups in total. The van der Waals surface area contributed by atoms with Gasteiger partial charge in [0.1, 0.15) is 0 Å². The topological polar surface area (TPSA) is 106 Å². The van der Waals surface area contributed by atoms with E-state index in [1.807, 2.05) is 0 Å². The Hall–Kier alpha value is -2.47. The molecule has 0 saturated carbocycles. The number of amides is 2. The standard InChI is InChI=1S/C17H19F6N3O3/c1-7(2)12(25)15(29)26(14(28)8(3)24)11-5-4-9(16(18,19)20)6-10(11)13(27)17(21,22)23/h4-8,12H,24-25H2,1-3H3. The Morgan fingerprint density at radius 1 is 0.931 bits per heavy atom. The molecule has 1 aromatic rings. The van der Waals surface area contributed by atoms with E-state index in [1.165, 1.54) is 13.8 Å². The summed E-state index contributed by atoms with van der Waals surface area (Å²) >= 11 is 0. The molecule has 0 radical (unpaired) electrons. The van der Waals surface area contributed by atoms with Crippen LogP contribution in [-0.2, 0) is 15.8 Å². The van der Waals surface area contributed by atoms with E-state index >= 15 is 0 Å². The minimum absolute atomic E-state index is 0.0687. The molecule has 0 aliphatic carbocycles. The van der Waals surface area contributed by atoms with Crippen LogP contribution in [0.3, 0.4) is 0 Å². The molecule has 2 amide bonds. The van der Waals surface area contributed by atoms with Crippen molar-refractivity contribution in [2.24, 2.45) is 17.4 Å². The van der Waals surface area contributed by atoms with Gasteiger partial charge in [0, 0.05) is 0 Å². The van der Waals surface area contributed by atoms with Gasteiger partial charge in [-0.2, -0.15) is 26.3 Å². The van der Waals surface area contributed by atoms with Crippen LogP contribution in [-0.4, -0.2) is 35.9 Å². The average Bonchev–Trinajstić information content (AvgIpc) is 2.58. The Labute approximate surface area is 161 Å². The van der Waals surface area contributed by atoms with Crippen LogP contribution in [0.15, 0.2) is 18.2 Å². The second kappa shape index (κ2) is 8.49. The Kier molecular flexibility index (Phi) is 7.19. The van der Waals surface area contributed by atoms with Crippen LogP contribution in [0.4, 0.5) is 32.0 Å². The smallest absolute Gasteiger partial charge is 0.320 e. The van der Waals surface area contributed by atoms with Gasteiger partial charge in [0.15, 0.2) is 0 Å². The lowest BCUT2D eigenvalue weighted by Gasteiger charge is -2.29. The number of nitrogens with two attached hydrogens (primary N) is 2. The van der Waals surface area contributed by atoms with E-state index in [0.717, 1.165) is 6.92 Å². The molecule has 0 aliphatic rings. The lowest BCUT2D eigenvalue weighted by Crippen LogP contribution is -2.53. The highest BCUT2D eigenvalue weighted by molar-refractivity contribution is 6.21. The normalized spacial score (nSPS) is 14.5. The van der Waals surface area contributed by atoms with E-state index in [4.69, 9.17) is 11.5 Å². The zero-order valence-corrected chi connectivity index (χ0v) is 15.6. The zero-order chi connectivity index (χ0) is 22.9. The number of nitrogens with zero attached hydrogens (tertiary/aromatic N) is 1. The van der Waals surface area contributed by atoms with Crippen molar-refractivity contribution in [3.8, 4) is 0 Å². The Morgan fingerprint density at radius 3 is 1.83 bits per heavy atom. The molecule has 6 nitrogen and oxygen atoms in total. The number of hydrogen-bond donors (Lipinski definition) is 2. The minimum atomic E-state index is -5.56. The van der Waals surface area contributed by atoms with E-state index in [-0.39, 0.29) is 11.0 Å². The number of ketones is 1. The first-order chi connectivity index (χ1) is 13.0. The number of imide groups is 1. The van der Waals surface area contributed by atoms with Gasteiger partial charge in [-0.3, -0.25) is 14.4 Å². The van der Waals surface area contributed by atoms with Gasteiger partial charge in [-0.05, 0) is 31.0 Å². The number of hydrogen-bond acceptors (Lipinski definition) is 5. The average molecular weight is 427 g/mol. The predicted molar refractivity (Wildman–Crippen MR) is 90.8 cm³/mol. The van der Waals surface area contributed by atoms with Gasteiger partial charge in [-0.15, -0.1) is 0 Å². The highest BCUT2D eigenvalue weighted by Crippen LogP contribution is 2.36. The molecule has 0 aliphatic heterocycles. The molecule has 0 spiro atoms. The Bertz CT molecular complexity index is 803. The third kappa shape index (κ3) is 5.54. The molecule has 12 heteroatoms. The van der Waals surface area contributed by atoms with Crippen molar-refractivity contribution in [2.45, 2.75) is 45.2 Å². The molecule has 0 fully saturated rings. The van der Waals surface area contributed by atoms with Crippen molar-refractivity contribution < 1.29 is 40.7 Å². The molecular weight excluding hydrogens is 408 g/mol. The van der Waals surface area contributed by atoms with Crippen LogP contribution in [0.2, 0.25) is 0 Å². The van der Waals surface area contributed by atoms with E-state index in [9.17, 15) is 40.7 Å². The van der Waals surface area contributed by atoms with Gasteiger partial charge in [-0.25, -0.2) is 4.90 Å². The quantitative estimate of drug-likeness (QED) is 0.555. The Morgan fingerprint density at radius 2 is 1.45 bits per heavy atom. The number of halogens is 6. The first kappa shape index (κ1) is 24.6. The summed E-state index contributed by atoms with van der Waals surface area (Å²) in [5.74, 6) is -5.69. The molecule has 0 aromatic heterocycles. The first-order valence-corrected chi connectivity index (χ1v) is 8.21. The molecule has 1 aromatic carbocycles. The zero-order valence-electron chi connectivity index (χ0n) is 15.6. The second-order valence-electron chi connectivity index (χ2n) is 6.63. The van der Waals surface area contributed by atoms with E-state index < -0.39 is 64.8 Å². The largest absolute Gasteiger partial charge is 0.454 e. The molecule has 2 atom stereocenters. The van der Waals surface area contributed by atoms with Crippen LogP contribution in [0.1, 0.15) is 36.7 Å². The molecule has 1 rings (SSSR count). The van der Waals surface area contributed by atoms with E-state index in [1.54, 1.807) is 0 Å². The van der Waals surface area contributed by atoms with Gasteiger partial charge < -0.3 is 11.5 Å².